The Labute approximate surface area is 88.7 Å². The summed E-state index contributed by atoms with van der Waals surface area (Å²) in [6.07, 6.45) is 3.30. The second kappa shape index (κ2) is 5.15. The molecule has 3 nitrogen and oxygen atoms in total. The molecule has 0 bridgehead atoms. The Morgan fingerprint density at radius 3 is 2.79 bits per heavy atom. The quantitative estimate of drug-likeness (QED) is 0.570. The van der Waals surface area contributed by atoms with Crippen molar-refractivity contribution in [3.63, 3.8) is 0 Å². The number of nitrogens with zero attached hydrogens (tertiary/aromatic N) is 2. The highest BCUT2D eigenvalue weighted by Gasteiger charge is 2.02. The van der Waals surface area contributed by atoms with E-state index in [1.165, 1.54) is 6.07 Å². The topological polar surface area (TPSA) is 34.9 Å². The number of aryl methyl sites for hydroxylation is 1. The first-order valence-corrected chi connectivity index (χ1v) is 5.27. The zero-order valence-electron chi connectivity index (χ0n) is 8.59. The third-order valence-electron chi connectivity index (χ3n) is 2.15. The molecular weight excluding hydrogens is 200 g/mol. The van der Waals surface area contributed by atoms with Gasteiger partial charge < -0.3 is 0 Å². The van der Waals surface area contributed by atoms with Gasteiger partial charge in [0, 0.05) is 12.6 Å². The summed E-state index contributed by atoms with van der Waals surface area (Å²) in [5.74, 6) is 0.693. The molecular formula is C10H15ClN2O. The number of rotatable bonds is 4. The lowest BCUT2D eigenvalue weighted by Gasteiger charge is -2.07. The van der Waals surface area contributed by atoms with E-state index in [1.54, 1.807) is 11.5 Å². The Bertz CT molecular complexity index is 360. The van der Waals surface area contributed by atoms with Crippen LogP contribution in [0.3, 0.4) is 0 Å². The summed E-state index contributed by atoms with van der Waals surface area (Å²) in [5.41, 5.74) is -0.0568. The van der Waals surface area contributed by atoms with Gasteiger partial charge in [-0.05, 0) is 13.3 Å². The smallest absolute Gasteiger partial charge is 0.254 e. The third-order valence-corrected chi connectivity index (χ3v) is 2.35. The van der Waals surface area contributed by atoms with Gasteiger partial charge in [0.15, 0.2) is 0 Å². The van der Waals surface area contributed by atoms with Crippen LogP contribution in [0, 0.1) is 6.92 Å². The highest BCUT2D eigenvalue weighted by Crippen LogP contribution is 2.03. The van der Waals surface area contributed by atoms with Crippen LogP contribution in [0.4, 0.5) is 0 Å². The van der Waals surface area contributed by atoms with Gasteiger partial charge in [-0.3, -0.25) is 9.36 Å². The SMILES string of the molecule is CCCCCn1c(C)nc(Cl)cc1=O. The Hall–Kier alpha value is -0.830. The molecule has 14 heavy (non-hydrogen) atoms. The van der Waals surface area contributed by atoms with Gasteiger partial charge in [0.05, 0.1) is 0 Å². The van der Waals surface area contributed by atoms with Crippen LogP contribution in [-0.4, -0.2) is 9.55 Å². The van der Waals surface area contributed by atoms with Crippen molar-refractivity contribution in [2.75, 3.05) is 0 Å². The van der Waals surface area contributed by atoms with Crippen molar-refractivity contribution in [1.82, 2.24) is 9.55 Å². The summed E-state index contributed by atoms with van der Waals surface area (Å²) >= 11 is 5.66. The monoisotopic (exact) mass is 214 g/mol. The lowest BCUT2D eigenvalue weighted by molar-refractivity contribution is 0.565. The van der Waals surface area contributed by atoms with Crippen molar-refractivity contribution in [2.24, 2.45) is 0 Å². The van der Waals surface area contributed by atoms with Gasteiger partial charge >= 0.3 is 0 Å². The highest BCUT2D eigenvalue weighted by molar-refractivity contribution is 6.29. The van der Waals surface area contributed by atoms with E-state index in [1.807, 2.05) is 0 Å². The molecule has 1 heterocycles. The van der Waals surface area contributed by atoms with E-state index in [0.717, 1.165) is 25.8 Å². The van der Waals surface area contributed by atoms with E-state index >= 15 is 0 Å². The third kappa shape index (κ3) is 2.84. The van der Waals surface area contributed by atoms with Crippen LogP contribution in [0.25, 0.3) is 0 Å². The zero-order chi connectivity index (χ0) is 10.6. The molecule has 0 aliphatic rings. The van der Waals surface area contributed by atoms with Crippen LogP contribution >= 0.6 is 11.6 Å². The summed E-state index contributed by atoms with van der Waals surface area (Å²) < 4.78 is 1.67. The largest absolute Gasteiger partial charge is 0.297 e. The minimum Gasteiger partial charge on any atom is -0.297 e. The lowest BCUT2D eigenvalue weighted by atomic mass is 10.2. The number of aromatic nitrogens is 2. The Balaban J connectivity index is 2.81. The number of unbranched alkanes of at least 4 members (excludes halogenated alkanes) is 2. The minimum atomic E-state index is -0.0568. The fourth-order valence-corrected chi connectivity index (χ4v) is 1.59. The standard InChI is InChI=1S/C10H15ClN2O/c1-3-4-5-6-13-8(2)12-9(11)7-10(13)14/h7H,3-6H2,1-2H3. The van der Waals surface area contributed by atoms with E-state index in [0.29, 0.717) is 5.82 Å². The molecule has 0 saturated heterocycles. The second-order valence-electron chi connectivity index (χ2n) is 3.32. The summed E-state index contributed by atoms with van der Waals surface area (Å²) in [6.45, 7) is 4.68. The van der Waals surface area contributed by atoms with E-state index in [2.05, 4.69) is 11.9 Å². The normalized spacial score (nSPS) is 10.5. The highest BCUT2D eigenvalue weighted by atomic mass is 35.5. The Morgan fingerprint density at radius 1 is 1.50 bits per heavy atom. The zero-order valence-corrected chi connectivity index (χ0v) is 9.34. The maximum absolute atomic E-state index is 11.5. The summed E-state index contributed by atoms with van der Waals surface area (Å²) in [4.78, 5) is 15.5. The molecule has 0 radical (unpaired) electrons. The van der Waals surface area contributed by atoms with Crippen LogP contribution in [0.15, 0.2) is 10.9 Å². The van der Waals surface area contributed by atoms with Gasteiger partial charge in [-0.1, -0.05) is 31.4 Å². The number of hydrogen-bond donors (Lipinski definition) is 0. The van der Waals surface area contributed by atoms with Crippen LogP contribution in [0.1, 0.15) is 32.0 Å². The van der Waals surface area contributed by atoms with Crippen LogP contribution in [-0.2, 0) is 6.54 Å². The molecule has 0 N–H and O–H groups in total. The van der Waals surface area contributed by atoms with Gasteiger partial charge in [0.1, 0.15) is 11.0 Å². The van der Waals surface area contributed by atoms with Crippen LogP contribution < -0.4 is 5.56 Å². The van der Waals surface area contributed by atoms with E-state index in [4.69, 9.17) is 11.6 Å². The lowest BCUT2D eigenvalue weighted by Crippen LogP contribution is -2.22. The fourth-order valence-electron chi connectivity index (χ4n) is 1.38. The summed E-state index contributed by atoms with van der Waals surface area (Å²) in [7, 11) is 0. The van der Waals surface area contributed by atoms with Crippen molar-refractivity contribution < 1.29 is 0 Å². The second-order valence-corrected chi connectivity index (χ2v) is 3.71. The van der Waals surface area contributed by atoms with Gasteiger partial charge in [0.25, 0.3) is 5.56 Å². The molecule has 0 atom stereocenters. The van der Waals surface area contributed by atoms with Crippen molar-refractivity contribution in [3.05, 3.63) is 27.4 Å². The molecule has 0 spiro atoms. The molecule has 0 aliphatic heterocycles. The van der Waals surface area contributed by atoms with E-state index in [-0.39, 0.29) is 10.7 Å². The first-order chi connectivity index (χ1) is 6.65. The first kappa shape index (κ1) is 11.2. The van der Waals surface area contributed by atoms with E-state index < -0.39 is 0 Å². The minimum absolute atomic E-state index is 0.0568. The Kier molecular flexibility index (Phi) is 4.14. The molecule has 0 saturated carbocycles. The molecule has 1 aromatic rings. The number of hydrogen-bond acceptors (Lipinski definition) is 2. The van der Waals surface area contributed by atoms with Crippen LogP contribution in [0.2, 0.25) is 5.15 Å². The van der Waals surface area contributed by atoms with Crippen molar-refractivity contribution in [3.8, 4) is 0 Å². The van der Waals surface area contributed by atoms with E-state index in [9.17, 15) is 4.79 Å². The van der Waals surface area contributed by atoms with Gasteiger partial charge in [-0.2, -0.15) is 0 Å². The van der Waals surface area contributed by atoms with Crippen molar-refractivity contribution in [1.29, 1.82) is 0 Å². The number of halogens is 1. The summed E-state index contributed by atoms with van der Waals surface area (Å²) in [6, 6.07) is 1.36. The van der Waals surface area contributed by atoms with Gasteiger partial charge in [-0.15, -0.1) is 0 Å². The predicted molar refractivity (Wildman–Crippen MR) is 57.8 cm³/mol. The van der Waals surface area contributed by atoms with Crippen LogP contribution in [0.5, 0.6) is 0 Å². The molecule has 0 aromatic carbocycles. The fraction of sp³-hybridized carbons (Fsp3) is 0.600. The van der Waals surface area contributed by atoms with Crippen molar-refractivity contribution >= 4 is 11.6 Å². The molecule has 1 rings (SSSR count). The molecule has 0 fully saturated rings. The van der Waals surface area contributed by atoms with Crippen molar-refractivity contribution in [2.45, 2.75) is 39.7 Å². The molecule has 0 amide bonds. The summed E-state index contributed by atoms with van der Waals surface area (Å²) in [5, 5.41) is 0.277. The molecule has 1 aromatic heterocycles. The van der Waals surface area contributed by atoms with Gasteiger partial charge in [0.2, 0.25) is 0 Å². The predicted octanol–water partition coefficient (Wildman–Crippen LogP) is 2.40. The maximum Gasteiger partial charge on any atom is 0.254 e. The molecule has 0 unspecified atom stereocenters. The van der Waals surface area contributed by atoms with Gasteiger partial charge in [-0.25, -0.2) is 4.98 Å². The molecule has 4 heteroatoms. The first-order valence-electron chi connectivity index (χ1n) is 4.89. The molecule has 78 valence electrons. The average Bonchev–Trinajstić information content (AvgIpc) is 2.09. The molecule has 0 aliphatic carbocycles. The maximum atomic E-state index is 11.5. The Morgan fingerprint density at radius 2 is 2.21 bits per heavy atom. The average molecular weight is 215 g/mol.